The number of hydrogen-bond acceptors (Lipinski definition) is 3. The summed E-state index contributed by atoms with van der Waals surface area (Å²) in [7, 11) is 1.78. The molecule has 0 bridgehead atoms. The highest BCUT2D eigenvalue weighted by molar-refractivity contribution is 5.79. The van der Waals surface area contributed by atoms with E-state index < -0.39 is 0 Å². The van der Waals surface area contributed by atoms with Gasteiger partial charge in [0.25, 0.3) is 0 Å². The molecule has 0 atom stereocenters. The zero-order valence-electron chi connectivity index (χ0n) is 8.99. The van der Waals surface area contributed by atoms with E-state index in [0.29, 0.717) is 0 Å². The molecule has 0 aliphatic carbocycles. The predicted octanol–water partition coefficient (Wildman–Crippen LogP) is 1.96. The molecule has 0 unspecified atom stereocenters. The average molecular weight is 181 g/mol. The normalized spacial score (nSPS) is 11.1. The zero-order chi connectivity index (χ0) is 10.1. The Bertz CT molecular complexity index is 200. The molecule has 0 aromatic heterocycles. The molecule has 0 saturated carbocycles. The Morgan fingerprint density at radius 2 is 2.08 bits per heavy atom. The highest BCUT2D eigenvalue weighted by Crippen LogP contribution is 1.88. The molecule has 0 heterocycles. The number of nitrogens with zero attached hydrogens (tertiary/aromatic N) is 3. The summed E-state index contributed by atoms with van der Waals surface area (Å²) in [6.07, 6.45) is 5.69. The van der Waals surface area contributed by atoms with Gasteiger partial charge in [-0.1, -0.05) is 0 Å². The molecular formula is C10H19N3. The van der Waals surface area contributed by atoms with Crippen LogP contribution in [-0.2, 0) is 0 Å². The minimum absolute atomic E-state index is 0.849. The monoisotopic (exact) mass is 181 g/mol. The second kappa shape index (κ2) is 7.53. The van der Waals surface area contributed by atoms with Crippen LogP contribution in [-0.4, -0.2) is 37.0 Å². The highest BCUT2D eigenvalue weighted by Gasteiger charge is 1.89. The van der Waals surface area contributed by atoms with E-state index in [2.05, 4.69) is 21.8 Å². The lowest BCUT2D eigenvalue weighted by Crippen LogP contribution is -2.18. The van der Waals surface area contributed by atoms with Crippen molar-refractivity contribution in [2.45, 2.75) is 20.8 Å². The maximum absolute atomic E-state index is 4.17. The zero-order valence-corrected chi connectivity index (χ0v) is 8.99. The average Bonchev–Trinajstić information content (AvgIpc) is 2.10. The standard InChI is InChI=1S/C10H19N3/c1-5-13(8-6-11-4)9-7-12-10(2)3/h6-7,9H,5,8H2,1-4H3/b9-7?,11-6+. The maximum Gasteiger partial charge on any atom is 0.0522 e. The molecule has 3 heteroatoms. The van der Waals surface area contributed by atoms with Crippen molar-refractivity contribution in [3.05, 3.63) is 12.4 Å². The first-order valence-corrected chi connectivity index (χ1v) is 4.53. The third-order valence-electron chi connectivity index (χ3n) is 1.52. The van der Waals surface area contributed by atoms with Crippen LogP contribution < -0.4 is 0 Å². The van der Waals surface area contributed by atoms with Gasteiger partial charge >= 0.3 is 0 Å². The van der Waals surface area contributed by atoms with E-state index in [4.69, 9.17) is 0 Å². The summed E-state index contributed by atoms with van der Waals surface area (Å²) >= 11 is 0. The smallest absolute Gasteiger partial charge is 0.0522 e. The van der Waals surface area contributed by atoms with Crippen LogP contribution >= 0.6 is 0 Å². The van der Waals surface area contributed by atoms with E-state index in [1.54, 1.807) is 7.05 Å². The quantitative estimate of drug-likeness (QED) is 0.596. The molecule has 0 fully saturated rings. The van der Waals surface area contributed by atoms with Gasteiger partial charge in [-0.05, 0) is 20.8 Å². The third-order valence-corrected chi connectivity index (χ3v) is 1.52. The molecule has 0 radical (unpaired) electrons. The number of rotatable bonds is 5. The minimum Gasteiger partial charge on any atom is -0.371 e. The largest absolute Gasteiger partial charge is 0.371 e. The molecule has 13 heavy (non-hydrogen) atoms. The van der Waals surface area contributed by atoms with Crippen LogP contribution in [0.1, 0.15) is 20.8 Å². The van der Waals surface area contributed by atoms with Gasteiger partial charge in [0.2, 0.25) is 0 Å². The topological polar surface area (TPSA) is 28.0 Å². The Balaban J connectivity index is 3.96. The van der Waals surface area contributed by atoms with Crippen LogP contribution in [0.4, 0.5) is 0 Å². The van der Waals surface area contributed by atoms with Gasteiger partial charge in [0.15, 0.2) is 0 Å². The summed E-state index contributed by atoms with van der Waals surface area (Å²) < 4.78 is 0. The number of hydrogen-bond donors (Lipinski definition) is 0. The molecule has 0 N–H and O–H groups in total. The van der Waals surface area contributed by atoms with Crippen LogP contribution in [0.5, 0.6) is 0 Å². The van der Waals surface area contributed by atoms with Gasteiger partial charge in [-0.15, -0.1) is 0 Å². The lowest BCUT2D eigenvalue weighted by Gasteiger charge is -2.13. The fraction of sp³-hybridized carbons (Fsp3) is 0.600. The van der Waals surface area contributed by atoms with Gasteiger partial charge in [-0.3, -0.25) is 9.98 Å². The van der Waals surface area contributed by atoms with E-state index in [1.165, 1.54) is 0 Å². The second-order valence-electron chi connectivity index (χ2n) is 2.90. The molecule has 0 aliphatic rings. The highest BCUT2D eigenvalue weighted by atomic mass is 15.1. The molecule has 0 aromatic rings. The summed E-state index contributed by atoms with van der Waals surface area (Å²) in [6.45, 7) is 7.89. The Hall–Kier alpha value is -1.12. The second-order valence-corrected chi connectivity index (χ2v) is 2.90. The number of aliphatic imine (C=N–C) groups is 2. The van der Waals surface area contributed by atoms with Crippen molar-refractivity contribution in [1.82, 2.24) is 4.90 Å². The van der Waals surface area contributed by atoms with Crippen molar-refractivity contribution < 1.29 is 0 Å². The first kappa shape index (κ1) is 11.9. The summed E-state index contributed by atoms with van der Waals surface area (Å²) in [4.78, 5) is 10.2. The van der Waals surface area contributed by atoms with Crippen molar-refractivity contribution in [3.8, 4) is 0 Å². The summed E-state index contributed by atoms with van der Waals surface area (Å²) in [5.41, 5.74) is 1.07. The minimum atomic E-state index is 0.849. The van der Waals surface area contributed by atoms with Gasteiger partial charge in [-0.25, -0.2) is 0 Å². The van der Waals surface area contributed by atoms with Crippen molar-refractivity contribution >= 4 is 11.9 Å². The third kappa shape index (κ3) is 7.25. The fourth-order valence-corrected chi connectivity index (χ4v) is 0.759. The summed E-state index contributed by atoms with van der Waals surface area (Å²) in [5, 5.41) is 0. The molecule has 0 aromatic carbocycles. The van der Waals surface area contributed by atoms with Crippen LogP contribution in [0.3, 0.4) is 0 Å². The van der Waals surface area contributed by atoms with Crippen LogP contribution in [0.15, 0.2) is 22.4 Å². The van der Waals surface area contributed by atoms with E-state index in [-0.39, 0.29) is 0 Å². The van der Waals surface area contributed by atoms with E-state index in [1.807, 2.05) is 32.5 Å². The maximum atomic E-state index is 4.17. The first-order chi connectivity index (χ1) is 6.20. The Morgan fingerprint density at radius 1 is 1.38 bits per heavy atom. The van der Waals surface area contributed by atoms with Gasteiger partial charge in [-0.2, -0.15) is 0 Å². The van der Waals surface area contributed by atoms with Crippen LogP contribution in [0.25, 0.3) is 0 Å². The lowest BCUT2D eigenvalue weighted by atomic mass is 10.5. The van der Waals surface area contributed by atoms with Gasteiger partial charge in [0.05, 0.1) is 6.54 Å². The van der Waals surface area contributed by atoms with Crippen molar-refractivity contribution in [2.75, 3.05) is 20.1 Å². The Labute approximate surface area is 80.9 Å². The van der Waals surface area contributed by atoms with Crippen molar-refractivity contribution in [1.29, 1.82) is 0 Å². The Morgan fingerprint density at radius 3 is 2.54 bits per heavy atom. The fourth-order valence-electron chi connectivity index (χ4n) is 0.759. The van der Waals surface area contributed by atoms with Crippen LogP contribution in [0, 0.1) is 0 Å². The summed E-state index contributed by atoms with van der Waals surface area (Å²) in [6, 6.07) is 0. The predicted molar refractivity (Wildman–Crippen MR) is 59.6 cm³/mol. The molecule has 0 rings (SSSR count). The van der Waals surface area contributed by atoms with Gasteiger partial charge in [0, 0.05) is 37.9 Å². The van der Waals surface area contributed by atoms with E-state index in [9.17, 15) is 0 Å². The molecule has 0 amide bonds. The van der Waals surface area contributed by atoms with Crippen molar-refractivity contribution in [2.24, 2.45) is 9.98 Å². The first-order valence-electron chi connectivity index (χ1n) is 4.53. The Kier molecular flexibility index (Phi) is 6.88. The van der Waals surface area contributed by atoms with Crippen LogP contribution in [0.2, 0.25) is 0 Å². The van der Waals surface area contributed by atoms with E-state index >= 15 is 0 Å². The summed E-state index contributed by atoms with van der Waals surface area (Å²) in [5.74, 6) is 0. The SMILES string of the molecule is CCN(C=CN=C(C)C)C/C=N/C. The molecule has 0 aliphatic heterocycles. The van der Waals surface area contributed by atoms with Crippen molar-refractivity contribution in [3.63, 3.8) is 0 Å². The van der Waals surface area contributed by atoms with E-state index in [0.717, 1.165) is 18.8 Å². The molecule has 74 valence electrons. The molecule has 3 nitrogen and oxygen atoms in total. The lowest BCUT2D eigenvalue weighted by molar-refractivity contribution is 0.454. The van der Waals surface area contributed by atoms with Gasteiger partial charge < -0.3 is 4.90 Å². The molecular weight excluding hydrogens is 162 g/mol. The van der Waals surface area contributed by atoms with Gasteiger partial charge in [0.1, 0.15) is 0 Å². The molecule has 0 spiro atoms. The molecule has 0 saturated heterocycles.